The van der Waals surface area contributed by atoms with Crippen molar-refractivity contribution in [1.29, 1.82) is 0 Å². The molecule has 0 radical (unpaired) electrons. The number of methoxy groups -OCH3 is 1. The normalized spacial score (nSPS) is 11.9. The van der Waals surface area contributed by atoms with E-state index in [1.54, 1.807) is 13.0 Å². The molecule has 0 fully saturated rings. The summed E-state index contributed by atoms with van der Waals surface area (Å²) < 4.78 is 4.53. The maximum atomic E-state index is 11.2. The molecule has 1 heterocycles. The molecule has 1 aromatic heterocycles. The summed E-state index contributed by atoms with van der Waals surface area (Å²) in [4.78, 5) is 19.0. The van der Waals surface area contributed by atoms with Gasteiger partial charge in [-0.25, -0.2) is 14.8 Å². The van der Waals surface area contributed by atoms with Gasteiger partial charge >= 0.3 is 5.97 Å². The molecule has 1 rings (SSSR count). The Morgan fingerprint density at radius 2 is 2.33 bits per heavy atom. The number of aromatic nitrogens is 2. The van der Waals surface area contributed by atoms with Gasteiger partial charge in [0.05, 0.1) is 13.2 Å². The Labute approximate surface area is 106 Å². The van der Waals surface area contributed by atoms with Gasteiger partial charge in [0.15, 0.2) is 0 Å². The van der Waals surface area contributed by atoms with Crippen LogP contribution in [0.15, 0.2) is 12.3 Å². The molecular weight excluding hydrogens is 236 g/mol. The van der Waals surface area contributed by atoms with Crippen LogP contribution in [0.25, 0.3) is 0 Å². The van der Waals surface area contributed by atoms with Gasteiger partial charge in [-0.2, -0.15) is 0 Å². The van der Waals surface area contributed by atoms with Gasteiger partial charge in [-0.1, -0.05) is 0 Å². The lowest BCUT2D eigenvalue weighted by Gasteiger charge is -2.08. The third kappa shape index (κ3) is 5.07. The maximum absolute atomic E-state index is 11.2. The summed E-state index contributed by atoms with van der Waals surface area (Å²) in [6, 6.07) is 1.67. The number of aliphatic hydroxyl groups is 1. The summed E-state index contributed by atoms with van der Waals surface area (Å²) in [5.74, 6) is 0.0227. The lowest BCUT2D eigenvalue weighted by Crippen LogP contribution is -2.29. The number of aliphatic hydroxyl groups excluding tert-OH is 1. The lowest BCUT2D eigenvalue weighted by atomic mass is 10.4. The van der Waals surface area contributed by atoms with Crippen LogP contribution in [-0.4, -0.2) is 53.9 Å². The van der Waals surface area contributed by atoms with Crippen LogP contribution < -0.4 is 10.6 Å². The van der Waals surface area contributed by atoms with Gasteiger partial charge in [0.1, 0.15) is 5.82 Å². The zero-order valence-corrected chi connectivity index (χ0v) is 10.5. The van der Waals surface area contributed by atoms with E-state index in [2.05, 4.69) is 25.3 Å². The minimum Gasteiger partial charge on any atom is -0.463 e. The SMILES string of the molecule is COC(=O)c1nccc(NCCNCC(C)O)n1. The first-order chi connectivity index (χ1) is 8.63. The van der Waals surface area contributed by atoms with Gasteiger partial charge in [-0.05, 0) is 13.0 Å². The molecule has 0 spiro atoms. The van der Waals surface area contributed by atoms with Crippen molar-refractivity contribution in [3.05, 3.63) is 18.1 Å². The molecule has 1 atom stereocenters. The molecule has 0 aliphatic carbocycles. The largest absolute Gasteiger partial charge is 0.463 e. The average molecular weight is 254 g/mol. The molecule has 7 heteroatoms. The Kier molecular flexibility index (Phi) is 6.03. The molecule has 18 heavy (non-hydrogen) atoms. The molecule has 0 amide bonds. The van der Waals surface area contributed by atoms with E-state index in [-0.39, 0.29) is 11.9 Å². The number of nitrogens with one attached hydrogen (secondary N) is 2. The van der Waals surface area contributed by atoms with E-state index in [4.69, 9.17) is 5.11 Å². The van der Waals surface area contributed by atoms with Crippen molar-refractivity contribution < 1.29 is 14.6 Å². The number of esters is 1. The highest BCUT2D eigenvalue weighted by molar-refractivity contribution is 5.85. The average Bonchev–Trinajstić information content (AvgIpc) is 2.37. The smallest absolute Gasteiger partial charge is 0.376 e. The summed E-state index contributed by atoms with van der Waals surface area (Å²) in [5, 5.41) is 15.1. The van der Waals surface area contributed by atoms with Crippen molar-refractivity contribution in [3.8, 4) is 0 Å². The van der Waals surface area contributed by atoms with Crippen LogP contribution in [-0.2, 0) is 4.74 Å². The second-order valence-electron chi connectivity index (χ2n) is 3.74. The van der Waals surface area contributed by atoms with Crippen molar-refractivity contribution in [1.82, 2.24) is 15.3 Å². The summed E-state index contributed by atoms with van der Waals surface area (Å²) >= 11 is 0. The number of anilines is 1. The van der Waals surface area contributed by atoms with Gasteiger partial charge in [0.25, 0.3) is 0 Å². The predicted octanol–water partition coefficient (Wildman–Crippen LogP) is -0.354. The second-order valence-corrected chi connectivity index (χ2v) is 3.74. The Hall–Kier alpha value is -1.73. The molecule has 0 bridgehead atoms. The topological polar surface area (TPSA) is 96.4 Å². The Balaban J connectivity index is 2.36. The van der Waals surface area contributed by atoms with Crippen LogP contribution in [0, 0.1) is 0 Å². The van der Waals surface area contributed by atoms with Gasteiger partial charge in [-0.3, -0.25) is 0 Å². The number of carbonyl (C=O) groups excluding carboxylic acids is 1. The minimum atomic E-state index is -0.564. The fourth-order valence-corrected chi connectivity index (χ4v) is 1.24. The van der Waals surface area contributed by atoms with E-state index in [1.807, 2.05) is 0 Å². The summed E-state index contributed by atoms with van der Waals surface area (Å²) in [6.45, 7) is 3.57. The van der Waals surface area contributed by atoms with Gasteiger partial charge in [0.2, 0.25) is 5.82 Å². The van der Waals surface area contributed by atoms with Crippen LogP contribution >= 0.6 is 0 Å². The monoisotopic (exact) mass is 254 g/mol. The maximum Gasteiger partial charge on any atom is 0.376 e. The minimum absolute atomic E-state index is 0.0273. The van der Waals surface area contributed by atoms with Crippen molar-refractivity contribution >= 4 is 11.8 Å². The van der Waals surface area contributed by atoms with E-state index < -0.39 is 5.97 Å². The Morgan fingerprint density at radius 1 is 1.56 bits per heavy atom. The van der Waals surface area contributed by atoms with Crippen LogP contribution in [0.3, 0.4) is 0 Å². The third-order valence-corrected chi connectivity index (χ3v) is 2.07. The van der Waals surface area contributed by atoms with Crippen LogP contribution in [0.1, 0.15) is 17.5 Å². The molecule has 0 saturated heterocycles. The molecule has 100 valence electrons. The van der Waals surface area contributed by atoms with E-state index in [1.165, 1.54) is 13.3 Å². The number of nitrogens with zero attached hydrogens (tertiary/aromatic N) is 2. The molecule has 0 saturated carbocycles. The van der Waals surface area contributed by atoms with Crippen molar-refractivity contribution in [2.45, 2.75) is 13.0 Å². The number of rotatable bonds is 7. The predicted molar refractivity (Wildman–Crippen MR) is 66.4 cm³/mol. The van der Waals surface area contributed by atoms with Crippen LogP contribution in [0.2, 0.25) is 0 Å². The third-order valence-electron chi connectivity index (χ3n) is 2.07. The van der Waals surface area contributed by atoms with Crippen molar-refractivity contribution in [3.63, 3.8) is 0 Å². The molecule has 0 aliphatic heterocycles. The summed E-state index contributed by atoms with van der Waals surface area (Å²) in [6.07, 6.45) is 1.13. The van der Waals surface area contributed by atoms with Crippen LogP contribution in [0.4, 0.5) is 5.82 Å². The summed E-state index contributed by atoms with van der Waals surface area (Å²) in [5.41, 5.74) is 0. The van der Waals surface area contributed by atoms with E-state index in [9.17, 15) is 4.79 Å². The first kappa shape index (κ1) is 14.3. The zero-order chi connectivity index (χ0) is 13.4. The first-order valence-corrected chi connectivity index (χ1v) is 5.67. The Morgan fingerprint density at radius 3 is 3.00 bits per heavy atom. The molecule has 1 aromatic rings. The van der Waals surface area contributed by atoms with Gasteiger partial charge in [0, 0.05) is 25.8 Å². The highest BCUT2D eigenvalue weighted by atomic mass is 16.5. The molecule has 1 unspecified atom stereocenters. The molecule has 3 N–H and O–H groups in total. The van der Waals surface area contributed by atoms with Gasteiger partial charge in [-0.15, -0.1) is 0 Å². The number of hydrogen-bond donors (Lipinski definition) is 3. The first-order valence-electron chi connectivity index (χ1n) is 5.67. The van der Waals surface area contributed by atoms with E-state index in [0.29, 0.717) is 25.5 Å². The number of carbonyl (C=O) groups is 1. The Bertz CT molecular complexity index is 384. The molecule has 0 aromatic carbocycles. The number of ether oxygens (including phenoxy) is 1. The van der Waals surface area contributed by atoms with E-state index >= 15 is 0 Å². The number of hydrogen-bond acceptors (Lipinski definition) is 7. The summed E-state index contributed by atoms with van der Waals surface area (Å²) in [7, 11) is 1.28. The van der Waals surface area contributed by atoms with Crippen molar-refractivity contribution in [2.24, 2.45) is 0 Å². The fraction of sp³-hybridized carbons (Fsp3) is 0.545. The highest BCUT2D eigenvalue weighted by Crippen LogP contribution is 2.01. The second kappa shape index (κ2) is 7.57. The molecule has 7 nitrogen and oxygen atoms in total. The van der Waals surface area contributed by atoms with E-state index in [0.717, 1.165) is 0 Å². The quantitative estimate of drug-likeness (QED) is 0.452. The van der Waals surface area contributed by atoms with Crippen LogP contribution in [0.5, 0.6) is 0 Å². The molecule has 0 aliphatic rings. The highest BCUT2D eigenvalue weighted by Gasteiger charge is 2.08. The van der Waals surface area contributed by atoms with Gasteiger partial charge < -0.3 is 20.5 Å². The lowest BCUT2D eigenvalue weighted by molar-refractivity contribution is 0.0587. The zero-order valence-electron chi connectivity index (χ0n) is 10.5. The fourth-order valence-electron chi connectivity index (χ4n) is 1.24. The standard InChI is InChI=1S/C11H18N4O3/c1-8(16)7-12-5-6-13-9-3-4-14-10(15-9)11(17)18-2/h3-4,8,12,16H,5-7H2,1-2H3,(H,13,14,15). The molecular formula is C11H18N4O3. The van der Waals surface area contributed by atoms with Crippen molar-refractivity contribution in [2.75, 3.05) is 32.1 Å².